The fraction of sp³-hybridized carbons (Fsp3) is 0.545. The zero-order valence-corrected chi connectivity index (χ0v) is 12.1. The summed E-state index contributed by atoms with van der Waals surface area (Å²) in [5.41, 5.74) is -1.18. The van der Waals surface area contributed by atoms with E-state index in [4.69, 9.17) is 0 Å². The van der Waals surface area contributed by atoms with Gasteiger partial charge in [-0.25, -0.2) is 0 Å². The van der Waals surface area contributed by atoms with Crippen molar-refractivity contribution in [3.05, 3.63) is 37.2 Å². The minimum atomic E-state index is -0.731. The van der Waals surface area contributed by atoms with Crippen LogP contribution in [-0.4, -0.2) is 33.8 Å². The van der Waals surface area contributed by atoms with Crippen LogP contribution in [0.1, 0.15) is 13.3 Å². The number of hydrogen-bond acceptors (Lipinski definition) is 5. The largest absolute Gasteiger partial charge is 0.390 e. The first kappa shape index (κ1) is 15.8. The minimum absolute atomic E-state index is 0.107. The summed E-state index contributed by atoms with van der Waals surface area (Å²) in [5.74, 6) is 0. The molecule has 0 saturated carbocycles. The molecule has 1 aromatic heterocycles. The molecule has 0 aliphatic carbocycles. The van der Waals surface area contributed by atoms with Crippen molar-refractivity contribution in [2.45, 2.75) is 26.0 Å². The topological polar surface area (TPSA) is 97.4 Å². The zero-order valence-electron chi connectivity index (χ0n) is 10.5. The number of rotatable bonds is 7. The highest BCUT2D eigenvalue weighted by Gasteiger charge is 2.16. The van der Waals surface area contributed by atoms with Gasteiger partial charge in [0.1, 0.15) is 0 Å². The van der Waals surface area contributed by atoms with Gasteiger partial charge in [0, 0.05) is 19.3 Å². The van der Waals surface area contributed by atoms with Crippen LogP contribution < -0.4 is 10.7 Å². The van der Waals surface area contributed by atoms with Gasteiger partial charge in [-0.1, -0.05) is 6.92 Å². The van der Waals surface area contributed by atoms with Crippen LogP contribution in [0.2, 0.25) is 0 Å². The van der Waals surface area contributed by atoms with Crippen LogP contribution in [0.4, 0.5) is 5.69 Å². The van der Waals surface area contributed by atoms with Gasteiger partial charge >= 0.3 is 5.69 Å². The summed E-state index contributed by atoms with van der Waals surface area (Å²) in [6, 6.07) is 0. The van der Waals surface area contributed by atoms with Crippen molar-refractivity contribution in [1.29, 1.82) is 0 Å². The van der Waals surface area contributed by atoms with Crippen molar-refractivity contribution in [1.82, 2.24) is 9.88 Å². The van der Waals surface area contributed by atoms with Crippen LogP contribution >= 0.6 is 15.9 Å². The van der Waals surface area contributed by atoms with E-state index in [1.807, 2.05) is 6.92 Å². The Balaban J connectivity index is 2.79. The zero-order chi connectivity index (χ0) is 14.4. The monoisotopic (exact) mass is 333 g/mol. The Morgan fingerprint density at radius 3 is 2.84 bits per heavy atom. The lowest BCUT2D eigenvalue weighted by Gasteiger charge is -2.13. The summed E-state index contributed by atoms with van der Waals surface area (Å²) >= 11 is 2.98. The molecule has 0 bridgehead atoms. The van der Waals surface area contributed by atoms with E-state index in [1.54, 1.807) is 0 Å². The molecule has 0 aromatic carbocycles. The number of pyridine rings is 1. The molecule has 19 heavy (non-hydrogen) atoms. The molecule has 106 valence electrons. The van der Waals surface area contributed by atoms with E-state index in [1.165, 1.54) is 10.8 Å². The third kappa shape index (κ3) is 4.73. The van der Waals surface area contributed by atoms with Crippen molar-refractivity contribution >= 4 is 21.6 Å². The number of hydrogen-bond donors (Lipinski definition) is 2. The summed E-state index contributed by atoms with van der Waals surface area (Å²) < 4.78 is 1.54. The predicted octanol–water partition coefficient (Wildman–Crippen LogP) is 0.879. The van der Waals surface area contributed by atoms with Crippen LogP contribution in [0.15, 0.2) is 21.7 Å². The van der Waals surface area contributed by atoms with Crippen molar-refractivity contribution < 1.29 is 10.0 Å². The van der Waals surface area contributed by atoms with Gasteiger partial charge in [-0.15, -0.1) is 0 Å². The molecular formula is C11H16BrN3O4. The second kappa shape index (κ2) is 7.37. The summed E-state index contributed by atoms with van der Waals surface area (Å²) in [7, 11) is 0. The van der Waals surface area contributed by atoms with E-state index in [9.17, 15) is 20.0 Å². The smallest absolute Gasteiger partial charge is 0.333 e. The molecule has 1 aromatic rings. The molecule has 0 aliphatic heterocycles. The van der Waals surface area contributed by atoms with E-state index in [0.29, 0.717) is 6.54 Å². The molecule has 7 nitrogen and oxygen atoms in total. The maximum Gasteiger partial charge on any atom is 0.333 e. The van der Waals surface area contributed by atoms with E-state index < -0.39 is 22.1 Å². The quantitative estimate of drug-likeness (QED) is 0.438. The lowest BCUT2D eigenvalue weighted by molar-refractivity contribution is -0.386. The molecule has 0 fully saturated rings. The molecule has 1 rings (SSSR count). The van der Waals surface area contributed by atoms with Crippen molar-refractivity contribution in [2.24, 2.45) is 0 Å². The molecule has 0 saturated heterocycles. The first-order chi connectivity index (χ1) is 8.95. The minimum Gasteiger partial charge on any atom is -0.390 e. The molecular weight excluding hydrogens is 318 g/mol. The van der Waals surface area contributed by atoms with Gasteiger partial charge in [-0.05, 0) is 28.9 Å². The van der Waals surface area contributed by atoms with E-state index in [0.717, 1.165) is 19.2 Å². The van der Waals surface area contributed by atoms with Crippen LogP contribution in [0.3, 0.4) is 0 Å². The average Bonchev–Trinajstić information content (AvgIpc) is 2.33. The van der Waals surface area contributed by atoms with Gasteiger partial charge in [0.2, 0.25) is 0 Å². The number of halogens is 1. The van der Waals surface area contributed by atoms with Crippen LogP contribution in [0.5, 0.6) is 0 Å². The lowest BCUT2D eigenvalue weighted by Crippen LogP contribution is -2.31. The van der Waals surface area contributed by atoms with Crippen molar-refractivity contribution in [3.8, 4) is 0 Å². The predicted molar refractivity (Wildman–Crippen MR) is 74.2 cm³/mol. The second-order valence-corrected chi connectivity index (χ2v) is 4.99. The Hall–Kier alpha value is -1.25. The molecule has 1 unspecified atom stereocenters. The van der Waals surface area contributed by atoms with Crippen LogP contribution in [0.25, 0.3) is 0 Å². The molecule has 1 heterocycles. The van der Waals surface area contributed by atoms with E-state index >= 15 is 0 Å². The maximum atomic E-state index is 11.5. The van der Waals surface area contributed by atoms with Gasteiger partial charge in [0.25, 0.3) is 5.43 Å². The Labute approximate surface area is 118 Å². The first-order valence-corrected chi connectivity index (χ1v) is 6.67. The first-order valence-electron chi connectivity index (χ1n) is 5.88. The summed E-state index contributed by atoms with van der Waals surface area (Å²) in [6.45, 7) is 3.38. The average molecular weight is 334 g/mol. The lowest BCUT2D eigenvalue weighted by atomic mass is 10.3. The number of nitro groups is 1. The molecule has 2 N–H and O–H groups in total. The second-order valence-electron chi connectivity index (χ2n) is 4.13. The SMILES string of the molecule is CCCNCC(O)Cn1cc(Br)c(=O)c([N+](=O)[O-])c1. The Morgan fingerprint density at radius 1 is 1.58 bits per heavy atom. The summed E-state index contributed by atoms with van der Waals surface area (Å²) in [5, 5.41) is 23.5. The fourth-order valence-electron chi connectivity index (χ4n) is 1.57. The summed E-state index contributed by atoms with van der Waals surface area (Å²) in [6.07, 6.45) is 2.84. The third-order valence-corrected chi connectivity index (χ3v) is 3.01. The van der Waals surface area contributed by atoms with Gasteiger partial charge < -0.3 is 15.0 Å². The normalized spacial score (nSPS) is 12.4. The number of nitrogens with one attached hydrogen (secondary N) is 1. The Kier molecular flexibility index (Phi) is 6.13. The molecule has 0 radical (unpaired) electrons. The highest BCUT2D eigenvalue weighted by Crippen LogP contribution is 2.11. The Morgan fingerprint density at radius 2 is 2.26 bits per heavy atom. The molecule has 0 amide bonds. The van der Waals surface area contributed by atoms with E-state index in [-0.39, 0.29) is 11.0 Å². The van der Waals surface area contributed by atoms with Crippen molar-refractivity contribution in [2.75, 3.05) is 13.1 Å². The number of aliphatic hydroxyl groups is 1. The highest BCUT2D eigenvalue weighted by atomic mass is 79.9. The van der Waals surface area contributed by atoms with Gasteiger partial charge in [-0.2, -0.15) is 0 Å². The number of aliphatic hydroxyl groups excluding tert-OH is 1. The number of nitrogens with zero attached hydrogens (tertiary/aromatic N) is 2. The summed E-state index contributed by atoms with van der Waals surface area (Å²) in [4.78, 5) is 21.5. The van der Waals surface area contributed by atoms with Gasteiger partial charge in [0.15, 0.2) is 0 Å². The van der Waals surface area contributed by atoms with Gasteiger partial charge in [-0.3, -0.25) is 14.9 Å². The van der Waals surface area contributed by atoms with Gasteiger partial charge in [0.05, 0.1) is 21.7 Å². The Bertz CT molecular complexity index is 503. The third-order valence-electron chi connectivity index (χ3n) is 2.44. The van der Waals surface area contributed by atoms with Crippen LogP contribution in [-0.2, 0) is 6.54 Å². The van der Waals surface area contributed by atoms with E-state index in [2.05, 4.69) is 21.2 Å². The number of aromatic nitrogens is 1. The molecule has 1 atom stereocenters. The van der Waals surface area contributed by atoms with Crippen molar-refractivity contribution in [3.63, 3.8) is 0 Å². The fourth-order valence-corrected chi connectivity index (χ4v) is 2.03. The standard InChI is InChI=1S/C11H16BrN3O4/c1-2-3-13-4-8(16)5-14-6-9(12)11(17)10(7-14)15(18)19/h6-8,13,16H,2-5H2,1H3. The maximum absolute atomic E-state index is 11.5. The molecule has 0 aliphatic rings. The highest BCUT2D eigenvalue weighted by molar-refractivity contribution is 9.10. The molecule has 8 heteroatoms. The van der Waals surface area contributed by atoms with Crippen LogP contribution in [0, 0.1) is 10.1 Å². The molecule has 0 spiro atoms.